The molecule has 5 heteroatoms. The van der Waals surface area contributed by atoms with Gasteiger partial charge in [-0.3, -0.25) is 4.79 Å². The summed E-state index contributed by atoms with van der Waals surface area (Å²) in [6, 6.07) is 5.59. The fraction of sp³-hybridized carbons (Fsp3) is 0.429. The van der Waals surface area contributed by atoms with Gasteiger partial charge in [-0.1, -0.05) is 30.5 Å². The Balaban J connectivity index is 1.89. The molecule has 0 unspecified atom stereocenters. The third kappa shape index (κ3) is 3.91. The fourth-order valence-corrected chi connectivity index (χ4v) is 2.63. The lowest BCUT2D eigenvalue weighted by molar-refractivity contribution is -0.123. The molecule has 2 N–H and O–H groups in total. The summed E-state index contributed by atoms with van der Waals surface area (Å²) in [6.07, 6.45) is 4.19. The van der Waals surface area contributed by atoms with Crippen LogP contribution in [0.3, 0.4) is 0 Å². The maximum Gasteiger partial charge on any atom is 0.229 e. The van der Waals surface area contributed by atoms with Crippen molar-refractivity contribution in [3.63, 3.8) is 0 Å². The van der Waals surface area contributed by atoms with E-state index in [2.05, 4.69) is 10.6 Å². The van der Waals surface area contributed by atoms with Crippen LogP contribution in [-0.2, 0) is 4.79 Å². The van der Waals surface area contributed by atoms with Crippen LogP contribution in [0.2, 0.25) is 5.02 Å². The van der Waals surface area contributed by atoms with Crippen LogP contribution in [0.4, 0.5) is 5.69 Å². The Morgan fingerprint density at radius 1 is 1.37 bits per heavy atom. The van der Waals surface area contributed by atoms with Gasteiger partial charge >= 0.3 is 0 Å². The van der Waals surface area contributed by atoms with Gasteiger partial charge < -0.3 is 10.6 Å². The van der Waals surface area contributed by atoms with Crippen molar-refractivity contribution in [2.45, 2.75) is 32.6 Å². The third-order valence-electron chi connectivity index (χ3n) is 3.39. The van der Waals surface area contributed by atoms with Crippen LogP contribution in [0, 0.1) is 12.8 Å². The van der Waals surface area contributed by atoms with Gasteiger partial charge in [0.05, 0.1) is 0 Å². The number of thiocarbonyl (C=S) groups is 1. The lowest BCUT2D eigenvalue weighted by Crippen LogP contribution is -2.37. The lowest BCUT2D eigenvalue weighted by atomic mass is 10.1. The number of rotatable bonds is 2. The molecule has 1 aromatic carbocycles. The second-order valence-corrected chi connectivity index (χ2v) is 5.70. The number of carbonyl (C=O) groups is 1. The minimum Gasteiger partial charge on any atom is -0.332 e. The zero-order valence-electron chi connectivity index (χ0n) is 10.8. The Hall–Kier alpha value is -1.13. The Morgan fingerprint density at radius 2 is 2.05 bits per heavy atom. The number of carbonyl (C=O) groups excluding carboxylic acids is 1. The molecule has 1 amide bonds. The van der Waals surface area contributed by atoms with Gasteiger partial charge in [0.15, 0.2) is 5.11 Å². The van der Waals surface area contributed by atoms with Gasteiger partial charge in [-0.2, -0.15) is 0 Å². The Morgan fingerprint density at radius 3 is 2.68 bits per heavy atom. The maximum atomic E-state index is 11.9. The highest BCUT2D eigenvalue weighted by Crippen LogP contribution is 2.24. The molecule has 0 radical (unpaired) electrons. The van der Waals surface area contributed by atoms with E-state index in [1.165, 1.54) is 0 Å². The maximum absolute atomic E-state index is 11.9. The zero-order valence-corrected chi connectivity index (χ0v) is 12.4. The van der Waals surface area contributed by atoms with E-state index in [1.807, 2.05) is 19.1 Å². The number of halogens is 1. The number of hydrogen-bond donors (Lipinski definition) is 2. The van der Waals surface area contributed by atoms with Crippen LogP contribution in [0.25, 0.3) is 0 Å². The van der Waals surface area contributed by atoms with E-state index in [9.17, 15) is 4.79 Å². The summed E-state index contributed by atoms with van der Waals surface area (Å²) in [5.41, 5.74) is 1.79. The predicted octanol–water partition coefficient (Wildman–Crippen LogP) is 3.65. The summed E-state index contributed by atoms with van der Waals surface area (Å²) in [7, 11) is 0. The zero-order chi connectivity index (χ0) is 13.8. The van der Waals surface area contributed by atoms with Gasteiger partial charge in [0.1, 0.15) is 0 Å². The van der Waals surface area contributed by atoms with E-state index in [0.29, 0.717) is 10.1 Å². The Labute approximate surface area is 123 Å². The molecule has 0 bridgehead atoms. The molecule has 3 nitrogen and oxygen atoms in total. The summed E-state index contributed by atoms with van der Waals surface area (Å²) in [6.45, 7) is 1.94. The van der Waals surface area contributed by atoms with Crippen LogP contribution < -0.4 is 10.6 Å². The first-order chi connectivity index (χ1) is 9.06. The molecule has 1 saturated carbocycles. The van der Waals surface area contributed by atoms with Crippen molar-refractivity contribution < 1.29 is 4.79 Å². The highest BCUT2D eigenvalue weighted by atomic mass is 35.5. The summed E-state index contributed by atoms with van der Waals surface area (Å²) >= 11 is 11.2. The van der Waals surface area contributed by atoms with Crippen molar-refractivity contribution in [2.24, 2.45) is 5.92 Å². The van der Waals surface area contributed by atoms with Crippen molar-refractivity contribution in [1.82, 2.24) is 5.32 Å². The molecule has 0 saturated heterocycles. The van der Waals surface area contributed by atoms with Crippen LogP contribution in [-0.4, -0.2) is 11.0 Å². The predicted molar refractivity (Wildman–Crippen MR) is 82.5 cm³/mol. The molecule has 0 aromatic heterocycles. The van der Waals surface area contributed by atoms with Gasteiger partial charge in [-0.25, -0.2) is 0 Å². The molecule has 1 aliphatic rings. The molecule has 0 heterocycles. The molecule has 0 spiro atoms. The number of nitrogens with one attached hydrogen (secondary N) is 2. The normalized spacial score (nSPS) is 15.3. The molecule has 0 aliphatic heterocycles. The van der Waals surface area contributed by atoms with Crippen LogP contribution >= 0.6 is 23.8 Å². The first-order valence-corrected chi connectivity index (χ1v) is 7.23. The highest BCUT2D eigenvalue weighted by Gasteiger charge is 2.23. The molecule has 19 heavy (non-hydrogen) atoms. The minimum atomic E-state index is 0.0215. The molecular weight excluding hydrogens is 280 g/mol. The van der Waals surface area contributed by atoms with Gasteiger partial charge in [0.25, 0.3) is 0 Å². The van der Waals surface area contributed by atoms with Crippen molar-refractivity contribution in [3.8, 4) is 0 Å². The Bertz CT molecular complexity index is 498. The summed E-state index contributed by atoms with van der Waals surface area (Å²) < 4.78 is 0. The van der Waals surface area contributed by atoms with Gasteiger partial charge in [-0.05, 0) is 49.7 Å². The fourth-order valence-electron chi connectivity index (χ4n) is 2.23. The van der Waals surface area contributed by atoms with Crippen LogP contribution in [0.1, 0.15) is 31.2 Å². The van der Waals surface area contributed by atoms with E-state index < -0.39 is 0 Å². The average Bonchev–Trinajstić information content (AvgIpc) is 2.87. The number of benzene rings is 1. The number of anilines is 1. The molecular formula is C14H17ClN2OS. The van der Waals surface area contributed by atoms with Crippen molar-refractivity contribution >= 4 is 40.5 Å². The monoisotopic (exact) mass is 296 g/mol. The molecule has 102 valence electrons. The second-order valence-electron chi connectivity index (χ2n) is 4.89. The number of amides is 1. The smallest absolute Gasteiger partial charge is 0.229 e. The van der Waals surface area contributed by atoms with E-state index >= 15 is 0 Å². The van der Waals surface area contributed by atoms with Crippen LogP contribution in [0.15, 0.2) is 18.2 Å². The molecule has 2 rings (SSSR count). The van der Waals surface area contributed by atoms with E-state index in [4.69, 9.17) is 23.8 Å². The van der Waals surface area contributed by atoms with Gasteiger partial charge in [0.2, 0.25) is 5.91 Å². The highest BCUT2D eigenvalue weighted by molar-refractivity contribution is 7.80. The average molecular weight is 297 g/mol. The van der Waals surface area contributed by atoms with Gasteiger partial charge in [-0.15, -0.1) is 0 Å². The van der Waals surface area contributed by atoms with Crippen molar-refractivity contribution in [2.75, 3.05) is 5.32 Å². The van der Waals surface area contributed by atoms with Crippen LogP contribution in [0.5, 0.6) is 0 Å². The van der Waals surface area contributed by atoms with E-state index in [-0.39, 0.29) is 11.8 Å². The molecule has 0 atom stereocenters. The third-order valence-corrected chi connectivity index (χ3v) is 4.00. The molecule has 1 aromatic rings. The molecule has 1 fully saturated rings. The second kappa shape index (κ2) is 6.35. The first kappa shape index (κ1) is 14.3. The quantitative estimate of drug-likeness (QED) is 0.819. The topological polar surface area (TPSA) is 41.1 Å². The van der Waals surface area contributed by atoms with Crippen molar-refractivity contribution in [1.29, 1.82) is 0 Å². The minimum absolute atomic E-state index is 0.0215. The summed E-state index contributed by atoms with van der Waals surface area (Å²) in [5.74, 6) is 0.134. The molecule has 1 aliphatic carbocycles. The standard InChI is InChI=1S/C14H17ClN2OS/c1-9-6-7-11(8-12(9)15)16-14(19)17-13(18)10-4-2-3-5-10/h6-8,10H,2-5H2,1H3,(H2,16,17,18,19). The number of hydrogen-bond acceptors (Lipinski definition) is 2. The summed E-state index contributed by atoms with van der Waals surface area (Å²) in [4.78, 5) is 11.9. The first-order valence-electron chi connectivity index (χ1n) is 6.44. The number of aryl methyl sites for hydroxylation is 1. The van der Waals surface area contributed by atoms with Gasteiger partial charge in [0, 0.05) is 16.6 Å². The Kier molecular flexibility index (Phi) is 4.77. The van der Waals surface area contributed by atoms with E-state index in [0.717, 1.165) is 36.9 Å². The largest absolute Gasteiger partial charge is 0.332 e. The lowest BCUT2D eigenvalue weighted by Gasteiger charge is -2.13. The van der Waals surface area contributed by atoms with Crippen molar-refractivity contribution in [3.05, 3.63) is 28.8 Å². The van der Waals surface area contributed by atoms with E-state index in [1.54, 1.807) is 6.07 Å². The SMILES string of the molecule is Cc1ccc(NC(=S)NC(=O)C2CCCC2)cc1Cl. The summed E-state index contributed by atoms with van der Waals surface area (Å²) in [5, 5.41) is 6.73.